The van der Waals surface area contributed by atoms with Crippen molar-refractivity contribution in [3.63, 3.8) is 0 Å². The molecule has 0 spiro atoms. The highest BCUT2D eigenvalue weighted by atomic mass is 19.4. The fourth-order valence-corrected chi connectivity index (χ4v) is 1.90. The first-order chi connectivity index (χ1) is 10.6. The predicted molar refractivity (Wildman–Crippen MR) is 71.3 cm³/mol. The summed E-state index contributed by atoms with van der Waals surface area (Å²) in [4.78, 5) is 26.8. The zero-order valence-electron chi connectivity index (χ0n) is 11.6. The molecule has 0 bridgehead atoms. The number of rotatable bonds is 3. The molecule has 0 fully saturated rings. The van der Waals surface area contributed by atoms with E-state index in [1.54, 1.807) is 0 Å². The fourth-order valence-electron chi connectivity index (χ4n) is 1.90. The summed E-state index contributed by atoms with van der Waals surface area (Å²) in [5, 5.41) is 10.6. The second-order valence-electron chi connectivity index (χ2n) is 4.93. The Bertz CT molecular complexity index is 791. The Morgan fingerprint density at radius 1 is 1.26 bits per heavy atom. The molecule has 1 aromatic carbocycles. The average molecular weight is 330 g/mol. The van der Waals surface area contributed by atoms with Gasteiger partial charge in [-0.1, -0.05) is 0 Å². The van der Waals surface area contributed by atoms with Crippen molar-refractivity contribution in [3.05, 3.63) is 42.0 Å². The third-order valence-electron chi connectivity index (χ3n) is 3.32. The number of amides is 1. The highest BCUT2D eigenvalue weighted by Crippen LogP contribution is 2.31. The van der Waals surface area contributed by atoms with Crippen molar-refractivity contribution >= 4 is 22.6 Å². The first kappa shape index (κ1) is 16.7. The molecule has 5 nitrogen and oxygen atoms in total. The van der Waals surface area contributed by atoms with E-state index in [1.807, 2.05) is 0 Å². The highest BCUT2D eigenvalue weighted by Gasteiger charge is 2.58. The SMILES string of the molecule is CC(NC(=O)c1cc(F)cc2cnccc12)(C(=O)O)C(F)(F)F. The van der Waals surface area contributed by atoms with Crippen LogP contribution in [0.25, 0.3) is 10.8 Å². The summed E-state index contributed by atoms with van der Waals surface area (Å²) >= 11 is 0. The summed E-state index contributed by atoms with van der Waals surface area (Å²) < 4.78 is 52.4. The number of aliphatic carboxylic acids is 1. The number of carbonyl (C=O) groups excluding carboxylic acids is 1. The number of carbonyl (C=O) groups is 2. The molecule has 0 radical (unpaired) electrons. The lowest BCUT2D eigenvalue weighted by molar-refractivity contribution is -0.203. The first-order valence-electron chi connectivity index (χ1n) is 6.22. The van der Waals surface area contributed by atoms with Crippen LogP contribution >= 0.6 is 0 Å². The van der Waals surface area contributed by atoms with Gasteiger partial charge in [-0.15, -0.1) is 0 Å². The van der Waals surface area contributed by atoms with E-state index in [1.165, 1.54) is 23.8 Å². The van der Waals surface area contributed by atoms with Gasteiger partial charge >= 0.3 is 12.1 Å². The number of benzene rings is 1. The van der Waals surface area contributed by atoms with E-state index in [0.717, 1.165) is 12.1 Å². The Kier molecular flexibility index (Phi) is 3.97. The van der Waals surface area contributed by atoms with Gasteiger partial charge in [0.1, 0.15) is 5.82 Å². The number of nitrogens with zero attached hydrogens (tertiary/aromatic N) is 1. The minimum atomic E-state index is -5.24. The van der Waals surface area contributed by atoms with Gasteiger partial charge in [-0.25, -0.2) is 9.18 Å². The third-order valence-corrected chi connectivity index (χ3v) is 3.32. The zero-order chi connectivity index (χ0) is 17.4. The Morgan fingerprint density at radius 2 is 1.91 bits per heavy atom. The molecule has 9 heteroatoms. The first-order valence-corrected chi connectivity index (χ1v) is 6.22. The van der Waals surface area contributed by atoms with E-state index in [2.05, 4.69) is 4.98 Å². The quantitative estimate of drug-likeness (QED) is 0.848. The number of aromatic nitrogens is 1. The van der Waals surface area contributed by atoms with Crippen LogP contribution in [0.5, 0.6) is 0 Å². The Labute approximate surface area is 126 Å². The van der Waals surface area contributed by atoms with E-state index >= 15 is 0 Å². The standard InChI is InChI=1S/C14H10F4N2O3/c1-13(12(22)23,14(16,17)18)20-11(21)10-5-8(15)4-7-6-19-3-2-9(7)10/h2-6H,1H3,(H,20,21)(H,22,23). The number of carboxylic acids is 1. The van der Waals surface area contributed by atoms with Gasteiger partial charge in [0, 0.05) is 17.8 Å². The predicted octanol–water partition coefficient (Wildman–Crippen LogP) is 2.51. The van der Waals surface area contributed by atoms with Crippen LogP contribution in [-0.4, -0.2) is 33.7 Å². The van der Waals surface area contributed by atoms with E-state index in [9.17, 15) is 27.2 Å². The molecule has 2 N–H and O–H groups in total. The molecule has 122 valence electrons. The average Bonchev–Trinajstić information content (AvgIpc) is 2.44. The summed E-state index contributed by atoms with van der Waals surface area (Å²) in [6.07, 6.45) is -2.73. The molecule has 23 heavy (non-hydrogen) atoms. The number of pyridine rings is 1. The van der Waals surface area contributed by atoms with Gasteiger partial charge in [-0.3, -0.25) is 9.78 Å². The number of nitrogens with one attached hydrogen (secondary N) is 1. The molecule has 0 aliphatic rings. The van der Waals surface area contributed by atoms with Crippen LogP contribution in [0.15, 0.2) is 30.6 Å². The van der Waals surface area contributed by atoms with Crippen molar-refractivity contribution in [3.8, 4) is 0 Å². The zero-order valence-corrected chi connectivity index (χ0v) is 11.6. The lowest BCUT2D eigenvalue weighted by atomic mass is 9.99. The van der Waals surface area contributed by atoms with E-state index in [-0.39, 0.29) is 10.8 Å². The van der Waals surface area contributed by atoms with Crippen molar-refractivity contribution in [2.75, 3.05) is 0 Å². The van der Waals surface area contributed by atoms with Crippen LogP contribution < -0.4 is 5.32 Å². The van der Waals surface area contributed by atoms with Crippen molar-refractivity contribution < 1.29 is 32.3 Å². The molecular weight excluding hydrogens is 320 g/mol. The summed E-state index contributed by atoms with van der Waals surface area (Å²) in [6, 6.07) is 3.10. The smallest absolute Gasteiger partial charge is 0.422 e. The minimum absolute atomic E-state index is 0.147. The van der Waals surface area contributed by atoms with E-state index in [0.29, 0.717) is 6.92 Å². The maximum Gasteiger partial charge on any atom is 0.422 e. The largest absolute Gasteiger partial charge is 0.479 e. The molecule has 1 atom stereocenters. The maximum absolute atomic E-state index is 13.5. The number of hydrogen-bond acceptors (Lipinski definition) is 3. The van der Waals surface area contributed by atoms with Crippen LogP contribution in [0.1, 0.15) is 17.3 Å². The molecule has 1 unspecified atom stereocenters. The number of fused-ring (bicyclic) bond motifs is 1. The molecule has 0 aliphatic heterocycles. The minimum Gasteiger partial charge on any atom is -0.479 e. The molecule has 2 rings (SSSR count). The summed E-state index contributed by atoms with van der Waals surface area (Å²) in [5.74, 6) is -4.50. The summed E-state index contributed by atoms with van der Waals surface area (Å²) in [6.45, 7) is 0.316. The molecule has 0 aliphatic carbocycles. The number of halogens is 4. The van der Waals surface area contributed by atoms with Gasteiger partial charge in [-0.2, -0.15) is 13.2 Å². The second kappa shape index (κ2) is 5.49. The number of hydrogen-bond donors (Lipinski definition) is 2. The molecule has 1 heterocycles. The van der Waals surface area contributed by atoms with Gasteiger partial charge in [0.25, 0.3) is 5.91 Å². The van der Waals surface area contributed by atoms with Gasteiger partial charge in [0.15, 0.2) is 0 Å². The van der Waals surface area contributed by atoms with Crippen molar-refractivity contribution in [2.24, 2.45) is 0 Å². The van der Waals surface area contributed by atoms with Crippen molar-refractivity contribution in [1.82, 2.24) is 10.3 Å². The summed E-state index contributed by atoms with van der Waals surface area (Å²) in [7, 11) is 0. The Hall–Kier alpha value is -2.71. The lowest BCUT2D eigenvalue weighted by Crippen LogP contribution is -2.61. The Morgan fingerprint density at radius 3 is 2.48 bits per heavy atom. The van der Waals surface area contributed by atoms with Gasteiger partial charge < -0.3 is 10.4 Å². The topological polar surface area (TPSA) is 79.3 Å². The van der Waals surface area contributed by atoms with Crippen LogP contribution in [0.2, 0.25) is 0 Å². The van der Waals surface area contributed by atoms with Gasteiger partial charge in [0.2, 0.25) is 5.54 Å². The monoisotopic (exact) mass is 330 g/mol. The van der Waals surface area contributed by atoms with Crippen molar-refractivity contribution in [1.29, 1.82) is 0 Å². The molecular formula is C14H10F4N2O3. The van der Waals surface area contributed by atoms with Gasteiger partial charge in [0.05, 0.1) is 5.56 Å². The third kappa shape index (κ3) is 2.94. The van der Waals surface area contributed by atoms with Crippen molar-refractivity contribution in [2.45, 2.75) is 18.6 Å². The van der Waals surface area contributed by atoms with Crippen LogP contribution in [0, 0.1) is 5.82 Å². The van der Waals surface area contributed by atoms with E-state index < -0.39 is 35.0 Å². The fraction of sp³-hybridized carbons (Fsp3) is 0.214. The molecule has 0 saturated carbocycles. The second-order valence-corrected chi connectivity index (χ2v) is 4.93. The highest BCUT2D eigenvalue weighted by molar-refractivity contribution is 6.08. The van der Waals surface area contributed by atoms with E-state index in [4.69, 9.17) is 5.11 Å². The Balaban J connectivity index is 2.51. The molecule has 1 aromatic heterocycles. The van der Waals surface area contributed by atoms with Gasteiger partial charge in [-0.05, 0) is 30.5 Å². The normalized spacial score (nSPS) is 14.3. The van der Waals surface area contributed by atoms with Crippen LogP contribution in [-0.2, 0) is 4.79 Å². The molecule has 0 saturated heterocycles. The summed E-state index contributed by atoms with van der Waals surface area (Å²) in [5.41, 5.74) is -3.92. The number of alkyl halides is 3. The number of carboxylic acid groups (broad SMARTS) is 1. The van der Waals surface area contributed by atoms with Crippen LogP contribution in [0.3, 0.4) is 0 Å². The maximum atomic E-state index is 13.5. The molecule has 2 aromatic rings. The van der Waals surface area contributed by atoms with Crippen LogP contribution in [0.4, 0.5) is 17.6 Å². The molecule has 1 amide bonds. The lowest BCUT2D eigenvalue weighted by Gasteiger charge is -2.28.